The zero-order valence-electron chi connectivity index (χ0n) is 8.44. The van der Waals surface area contributed by atoms with Crippen LogP contribution >= 0.6 is 15.9 Å². The van der Waals surface area contributed by atoms with Gasteiger partial charge in [-0.25, -0.2) is 4.98 Å². The average Bonchev–Trinajstić information content (AvgIpc) is 2.60. The lowest BCUT2D eigenvalue weighted by Gasteiger charge is -2.01. The minimum absolute atomic E-state index is 0.474. The standard InChI is InChI=1S/C11H12BrN3/c1-15-7-10(6-13)14-11(15)8-3-2-4-9(12)5-8/h2-5,7H,6,13H2,1H3. The molecule has 0 spiro atoms. The monoisotopic (exact) mass is 265 g/mol. The molecule has 2 N–H and O–H groups in total. The van der Waals surface area contributed by atoms with E-state index >= 15 is 0 Å². The van der Waals surface area contributed by atoms with Crippen LogP contribution in [0.5, 0.6) is 0 Å². The van der Waals surface area contributed by atoms with E-state index in [0.29, 0.717) is 6.54 Å². The van der Waals surface area contributed by atoms with E-state index in [1.54, 1.807) is 0 Å². The number of nitrogens with two attached hydrogens (primary N) is 1. The molecule has 3 nitrogen and oxygen atoms in total. The number of hydrogen-bond acceptors (Lipinski definition) is 2. The quantitative estimate of drug-likeness (QED) is 0.906. The van der Waals surface area contributed by atoms with Crippen LogP contribution in [0.3, 0.4) is 0 Å². The largest absolute Gasteiger partial charge is 0.334 e. The zero-order valence-corrected chi connectivity index (χ0v) is 10.0. The van der Waals surface area contributed by atoms with Gasteiger partial charge in [0.05, 0.1) is 5.69 Å². The topological polar surface area (TPSA) is 43.8 Å². The first-order chi connectivity index (χ1) is 7.20. The highest BCUT2D eigenvalue weighted by atomic mass is 79.9. The molecule has 1 aromatic carbocycles. The summed E-state index contributed by atoms with van der Waals surface area (Å²) in [4.78, 5) is 4.46. The highest BCUT2D eigenvalue weighted by Gasteiger charge is 2.06. The van der Waals surface area contributed by atoms with Gasteiger partial charge in [-0.2, -0.15) is 0 Å². The molecule has 0 saturated heterocycles. The van der Waals surface area contributed by atoms with Crippen LogP contribution in [0.25, 0.3) is 11.4 Å². The summed E-state index contributed by atoms with van der Waals surface area (Å²) in [5.41, 5.74) is 7.55. The van der Waals surface area contributed by atoms with Crippen molar-refractivity contribution in [1.82, 2.24) is 9.55 Å². The molecule has 1 heterocycles. The van der Waals surface area contributed by atoms with Gasteiger partial charge in [0, 0.05) is 29.8 Å². The first-order valence-electron chi connectivity index (χ1n) is 4.69. The molecule has 0 radical (unpaired) electrons. The number of imidazole rings is 1. The fraction of sp³-hybridized carbons (Fsp3) is 0.182. The van der Waals surface area contributed by atoms with Gasteiger partial charge in [-0.05, 0) is 12.1 Å². The Kier molecular flexibility index (Phi) is 2.88. The number of aryl methyl sites for hydroxylation is 1. The highest BCUT2D eigenvalue weighted by molar-refractivity contribution is 9.10. The zero-order chi connectivity index (χ0) is 10.8. The summed E-state index contributed by atoms with van der Waals surface area (Å²) in [6.07, 6.45) is 1.95. The second-order valence-electron chi connectivity index (χ2n) is 3.38. The Morgan fingerprint density at radius 3 is 2.87 bits per heavy atom. The number of benzene rings is 1. The fourth-order valence-corrected chi connectivity index (χ4v) is 1.92. The van der Waals surface area contributed by atoms with E-state index in [0.717, 1.165) is 21.6 Å². The smallest absolute Gasteiger partial charge is 0.140 e. The Bertz CT molecular complexity index is 476. The Labute approximate surface area is 97.1 Å². The highest BCUT2D eigenvalue weighted by Crippen LogP contribution is 2.21. The van der Waals surface area contributed by atoms with Gasteiger partial charge in [-0.1, -0.05) is 28.1 Å². The summed E-state index contributed by atoms with van der Waals surface area (Å²) in [6.45, 7) is 0.474. The van der Waals surface area contributed by atoms with Gasteiger partial charge in [0.1, 0.15) is 5.82 Å². The fourth-order valence-electron chi connectivity index (χ4n) is 1.52. The molecule has 0 fully saturated rings. The van der Waals surface area contributed by atoms with Crippen molar-refractivity contribution in [3.63, 3.8) is 0 Å². The molecule has 4 heteroatoms. The molecule has 0 unspecified atom stereocenters. The first kappa shape index (κ1) is 10.4. The van der Waals surface area contributed by atoms with E-state index in [4.69, 9.17) is 5.73 Å². The van der Waals surface area contributed by atoms with Gasteiger partial charge in [-0.3, -0.25) is 0 Å². The van der Waals surface area contributed by atoms with E-state index in [-0.39, 0.29) is 0 Å². The van der Waals surface area contributed by atoms with Crippen LogP contribution in [0.1, 0.15) is 5.69 Å². The van der Waals surface area contributed by atoms with Crippen molar-refractivity contribution in [2.24, 2.45) is 12.8 Å². The normalized spacial score (nSPS) is 10.6. The van der Waals surface area contributed by atoms with Crippen molar-refractivity contribution in [3.8, 4) is 11.4 Å². The predicted octanol–water partition coefficient (Wildman–Crippen LogP) is 2.31. The number of rotatable bonds is 2. The van der Waals surface area contributed by atoms with Crippen molar-refractivity contribution >= 4 is 15.9 Å². The molecule has 15 heavy (non-hydrogen) atoms. The van der Waals surface area contributed by atoms with Crippen LogP contribution in [0.4, 0.5) is 0 Å². The molecule has 2 rings (SSSR count). The van der Waals surface area contributed by atoms with Gasteiger partial charge in [0.2, 0.25) is 0 Å². The molecule has 0 amide bonds. The van der Waals surface area contributed by atoms with E-state index < -0.39 is 0 Å². The summed E-state index contributed by atoms with van der Waals surface area (Å²) in [7, 11) is 1.97. The van der Waals surface area contributed by atoms with E-state index in [1.165, 1.54) is 0 Å². The van der Waals surface area contributed by atoms with Gasteiger partial charge in [0.25, 0.3) is 0 Å². The van der Waals surface area contributed by atoms with Gasteiger partial charge in [-0.15, -0.1) is 0 Å². The van der Waals surface area contributed by atoms with Crippen molar-refractivity contribution in [2.45, 2.75) is 6.54 Å². The molecule has 0 atom stereocenters. The Morgan fingerprint density at radius 2 is 2.27 bits per heavy atom. The van der Waals surface area contributed by atoms with Crippen LogP contribution in [0.2, 0.25) is 0 Å². The molecule has 0 bridgehead atoms. The molecular formula is C11H12BrN3. The molecule has 0 aliphatic rings. The van der Waals surface area contributed by atoms with Crippen LogP contribution in [0.15, 0.2) is 34.9 Å². The molecule has 0 aliphatic carbocycles. The third-order valence-corrected chi connectivity index (χ3v) is 2.71. The Morgan fingerprint density at radius 1 is 1.47 bits per heavy atom. The van der Waals surface area contributed by atoms with Gasteiger partial charge in [0.15, 0.2) is 0 Å². The minimum Gasteiger partial charge on any atom is -0.334 e. The van der Waals surface area contributed by atoms with Crippen LogP contribution in [0, 0.1) is 0 Å². The SMILES string of the molecule is Cn1cc(CN)nc1-c1cccc(Br)c1. The van der Waals surface area contributed by atoms with Gasteiger partial charge >= 0.3 is 0 Å². The summed E-state index contributed by atoms with van der Waals surface area (Å²) >= 11 is 3.45. The third kappa shape index (κ3) is 2.11. The molecule has 0 aliphatic heterocycles. The van der Waals surface area contributed by atoms with Crippen molar-refractivity contribution < 1.29 is 0 Å². The van der Waals surface area contributed by atoms with Crippen LogP contribution in [-0.4, -0.2) is 9.55 Å². The Balaban J connectivity index is 2.48. The first-order valence-corrected chi connectivity index (χ1v) is 5.48. The summed E-state index contributed by atoms with van der Waals surface area (Å²) in [6, 6.07) is 8.07. The molecule has 78 valence electrons. The third-order valence-electron chi connectivity index (χ3n) is 2.22. The van der Waals surface area contributed by atoms with E-state index in [1.807, 2.05) is 42.1 Å². The average molecular weight is 266 g/mol. The van der Waals surface area contributed by atoms with Gasteiger partial charge < -0.3 is 10.3 Å². The maximum atomic E-state index is 5.55. The summed E-state index contributed by atoms with van der Waals surface area (Å²) in [5.74, 6) is 0.941. The van der Waals surface area contributed by atoms with Crippen molar-refractivity contribution in [1.29, 1.82) is 0 Å². The lowest BCUT2D eigenvalue weighted by Crippen LogP contribution is -1.95. The van der Waals surface area contributed by atoms with Crippen molar-refractivity contribution in [2.75, 3.05) is 0 Å². The summed E-state index contributed by atoms with van der Waals surface area (Å²) in [5, 5.41) is 0. The summed E-state index contributed by atoms with van der Waals surface area (Å²) < 4.78 is 3.04. The molecule has 0 saturated carbocycles. The number of hydrogen-bond donors (Lipinski definition) is 1. The maximum absolute atomic E-state index is 5.55. The minimum atomic E-state index is 0.474. The second kappa shape index (κ2) is 4.16. The lowest BCUT2D eigenvalue weighted by molar-refractivity contribution is 0.921. The molecule has 1 aromatic heterocycles. The second-order valence-corrected chi connectivity index (χ2v) is 4.30. The Hall–Kier alpha value is -1.13. The number of halogens is 1. The maximum Gasteiger partial charge on any atom is 0.140 e. The van der Waals surface area contributed by atoms with E-state index in [9.17, 15) is 0 Å². The van der Waals surface area contributed by atoms with Crippen LogP contribution < -0.4 is 5.73 Å². The van der Waals surface area contributed by atoms with E-state index in [2.05, 4.69) is 20.9 Å². The predicted molar refractivity (Wildman–Crippen MR) is 64.2 cm³/mol. The lowest BCUT2D eigenvalue weighted by atomic mass is 10.2. The number of nitrogens with zero attached hydrogens (tertiary/aromatic N) is 2. The molecule has 2 aromatic rings. The van der Waals surface area contributed by atoms with Crippen molar-refractivity contribution in [3.05, 3.63) is 40.6 Å². The number of aromatic nitrogens is 2. The van der Waals surface area contributed by atoms with Crippen LogP contribution in [-0.2, 0) is 13.6 Å². The molecular weight excluding hydrogens is 254 g/mol.